The summed E-state index contributed by atoms with van der Waals surface area (Å²) in [5.74, 6) is 0.772. The number of ether oxygens (including phenoxy) is 1. The van der Waals surface area contributed by atoms with E-state index in [0.717, 1.165) is 19.1 Å². The Hall–Kier alpha value is -0.860. The van der Waals surface area contributed by atoms with Gasteiger partial charge in [0.25, 0.3) is 0 Å². The highest BCUT2D eigenvalue weighted by Crippen LogP contribution is 2.26. The first-order valence-electron chi connectivity index (χ1n) is 8.15. The molecule has 0 amide bonds. The molecule has 1 aliphatic carbocycles. The van der Waals surface area contributed by atoms with Crippen LogP contribution in [0.25, 0.3) is 0 Å². The van der Waals surface area contributed by atoms with Crippen molar-refractivity contribution < 1.29 is 4.74 Å². The van der Waals surface area contributed by atoms with Crippen LogP contribution in [0.1, 0.15) is 57.6 Å². The SMILES string of the molecule is CC(C)NCC(OCC1CCCCC1)c1ccccc1. The molecule has 112 valence electrons. The summed E-state index contributed by atoms with van der Waals surface area (Å²) in [4.78, 5) is 0. The highest BCUT2D eigenvalue weighted by atomic mass is 16.5. The van der Waals surface area contributed by atoms with Gasteiger partial charge in [0.05, 0.1) is 12.7 Å². The third-order valence-electron chi connectivity index (χ3n) is 4.14. The molecule has 1 atom stereocenters. The summed E-state index contributed by atoms with van der Waals surface area (Å²) >= 11 is 0. The third kappa shape index (κ3) is 5.26. The lowest BCUT2D eigenvalue weighted by molar-refractivity contribution is 0.0190. The number of benzene rings is 1. The molecule has 0 aromatic heterocycles. The van der Waals surface area contributed by atoms with E-state index in [-0.39, 0.29) is 6.10 Å². The lowest BCUT2D eigenvalue weighted by Gasteiger charge is -2.26. The van der Waals surface area contributed by atoms with Gasteiger partial charge in [-0.05, 0) is 24.3 Å². The molecule has 0 saturated heterocycles. The topological polar surface area (TPSA) is 21.3 Å². The second-order valence-electron chi connectivity index (χ2n) is 6.30. The summed E-state index contributed by atoms with van der Waals surface area (Å²) in [6.45, 7) is 6.18. The van der Waals surface area contributed by atoms with Crippen molar-refractivity contribution in [2.24, 2.45) is 5.92 Å². The van der Waals surface area contributed by atoms with Crippen LogP contribution in [0.3, 0.4) is 0 Å². The molecule has 0 aliphatic heterocycles. The Morgan fingerprint density at radius 1 is 1.10 bits per heavy atom. The summed E-state index contributed by atoms with van der Waals surface area (Å²) in [5.41, 5.74) is 1.29. The van der Waals surface area contributed by atoms with Gasteiger partial charge in [-0.25, -0.2) is 0 Å². The second-order valence-corrected chi connectivity index (χ2v) is 6.30. The number of nitrogens with one attached hydrogen (secondary N) is 1. The molecule has 1 unspecified atom stereocenters. The van der Waals surface area contributed by atoms with Gasteiger partial charge in [-0.2, -0.15) is 0 Å². The van der Waals surface area contributed by atoms with Gasteiger partial charge in [-0.3, -0.25) is 0 Å². The van der Waals surface area contributed by atoms with Crippen LogP contribution in [0, 0.1) is 5.92 Å². The minimum atomic E-state index is 0.181. The second kappa shape index (κ2) is 8.43. The maximum Gasteiger partial charge on any atom is 0.0949 e. The molecule has 1 aromatic rings. The number of hydrogen-bond acceptors (Lipinski definition) is 2. The van der Waals surface area contributed by atoms with Gasteiger partial charge in [0, 0.05) is 12.6 Å². The quantitative estimate of drug-likeness (QED) is 0.800. The van der Waals surface area contributed by atoms with Gasteiger partial charge in [0.1, 0.15) is 0 Å². The zero-order valence-electron chi connectivity index (χ0n) is 13.0. The minimum Gasteiger partial charge on any atom is -0.372 e. The van der Waals surface area contributed by atoms with Crippen molar-refractivity contribution in [3.8, 4) is 0 Å². The molecule has 1 aliphatic rings. The molecule has 1 aromatic carbocycles. The van der Waals surface area contributed by atoms with Crippen molar-refractivity contribution in [1.82, 2.24) is 5.32 Å². The van der Waals surface area contributed by atoms with Crippen LogP contribution < -0.4 is 5.32 Å². The van der Waals surface area contributed by atoms with E-state index in [2.05, 4.69) is 49.5 Å². The molecule has 2 rings (SSSR count). The molecule has 0 radical (unpaired) electrons. The van der Waals surface area contributed by atoms with Crippen molar-refractivity contribution in [3.05, 3.63) is 35.9 Å². The average Bonchev–Trinajstić information content (AvgIpc) is 2.49. The molecule has 1 N–H and O–H groups in total. The van der Waals surface area contributed by atoms with Gasteiger partial charge in [0.2, 0.25) is 0 Å². The molecule has 2 heteroatoms. The monoisotopic (exact) mass is 275 g/mol. The van der Waals surface area contributed by atoms with E-state index < -0.39 is 0 Å². The van der Waals surface area contributed by atoms with E-state index in [1.54, 1.807) is 0 Å². The van der Waals surface area contributed by atoms with Crippen molar-refractivity contribution >= 4 is 0 Å². The first-order chi connectivity index (χ1) is 9.75. The van der Waals surface area contributed by atoms with E-state index in [1.165, 1.54) is 37.7 Å². The Bertz CT molecular complexity index is 357. The first kappa shape index (κ1) is 15.5. The molecule has 0 spiro atoms. The lowest BCUT2D eigenvalue weighted by Crippen LogP contribution is -2.30. The van der Waals surface area contributed by atoms with Gasteiger partial charge >= 0.3 is 0 Å². The summed E-state index contributed by atoms with van der Waals surface area (Å²) < 4.78 is 6.26. The Labute approximate surface area is 123 Å². The van der Waals surface area contributed by atoms with Crippen LogP contribution in [0.2, 0.25) is 0 Å². The standard InChI is InChI=1S/C18H29NO/c1-15(2)19-13-18(17-11-7-4-8-12-17)20-14-16-9-5-3-6-10-16/h4,7-8,11-12,15-16,18-19H,3,5-6,9-10,13-14H2,1-2H3. The van der Waals surface area contributed by atoms with Crippen LogP contribution in [-0.2, 0) is 4.74 Å². The van der Waals surface area contributed by atoms with Gasteiger partial charge in [-0.1, -0.05) is 63.4 Å². The Morgan fingerprint density at radius 3 is 2.45 bits per heavy atom. The highest BCUT2D eigenvalue weighted by Gasteiger charge is 2.17. The Balaban J connectivity index is 1.88. The van der Waals surface area contributed by atoms with Crippen molar-refractivity contribution in [2.75, 3.05) is 13.2 Å². The highest BCUT2D eigenvalue weighted by molar-refractivity contribution is 5.18. The largest absolute Gasteiger partial charge is 0.372 e. The Morgan fingerprint density at radius 2 is 1.80 bits per heavy atom. The summed E-state index contributed by atoms with van der Waals surface area (Å²) in [6.07, 6.45) is 7.05. The third-order valence-corrected chi connectivity index (χ3v) is 4.14. The maximum atomic E-state index is 6.26. The van der Waals surface area contributed by atoms with Gasteiger partial charge in [0.15, 0.2) is 0 Å². The van der Waals surface area contributed by atoms with E-state index in [0.29, 0.717) is 6.04 Å². The molecule has 2 nitrogen and oxygen atoms in total. The fourth-order valence-corrected chi connectivity index (χ4v) is 2.89. The maximum absolute atomic E-state index is 6.26. The van der Waals surface area contributed by atoms with E-state index >= 15 is 0 Å². The predicted molar refractivity (Wildman–Crippen MR) is 84.8 cm³/mol. The summed E-state index contributed by atoms with van der Waals surface area (Å²) in [5, 5.41) is 3.51. The molecule has 1 saturated carbocycles. The van der Waals surface area contributed by atoms with E-state index in [4.69, 9.17) is 4.74 Å². The van der Waals surface area contributed by atoms with Crippen LogP contribution in [0.5, 0.6) is 0 Å². The lowest BCUT2D eigenvalue weighted by atomic mass is 9.90. The number of rotatable bonds is 7. The predicted octanol–water partition coefficient (Wildman–Crippen LogP) is 4.32. The average molecular weight is 275 g/mol. The summed E-state index contributed by atoms with van der Waals surface area (Å²) in [6, 6.07) is 11.1. The van der Waals surface area contributed by atoms with E-state index in [9.17, 15) is 0 Å². The van der Waals surface area contributed by atoms with Crippen molar-refractivity contribution in [2.45, 2.75) is 58.1 Å². The summed E-state index contributed by atoms with van der Waals surface area (Å²) in [7, 11) is 0. The normalized spacial score (nSPS) is 18.4. The van der Waals surface area contributed by atoms with Crippen molar-refractivity contribution in [3.63, 3.8) is 0 Å². The minimum absolute atomic E-state index is 0.181. The molecule has 0 bridgehead atoms. The smallest absolute Gasteiger partial charge is 0.0949 e. The van der Waals surface area contributed by atoms with E-state index in [1.807, 2.05) is 0 Å². The zero-order chi connectivity index (χ0) is 14.2. The van der Waals surface area contributed by atoms with Crippen LogP contribution >= 0.6 is 0 Å². The molecule has 0 heterocycles. The molecular formula is C18H29NO. The first-order valence-corrected chi connectivity index (χ1v) is 8.15. The molecule has 20 heavy (non-hydrogen) atoms. The fraction of sp³-hybridized carbons (Fsp3) is 0.667. The molecular weight excluding hydrogens is 246 g/mol. The fourth-order valence-electron chi connectivity index (χ4n) is 2.89. The Kier molecular flexibility index (Phi) is 6.55. The van der Waals surface area contributed by atoms with Crippen LogP contribution in [0.4, 0.5) is 0 Å². The van der Waals surface area contributed by atoms with Gasteiger partial charge in [-0.15, -0.1) is 0 Å². The van der Waals surface area contributed by atoms with Gasteiger partial charge < -0.3 is 10.1 Å². The van der Waals surface area contributed by atoms with Crippen LogP contribution in [-0.4, -0.2) is 19.2 Å². The van der Waals surface area contributed by atoms with Crippen LogP contribution in [0.15, 0.2) is 30.3 Å². The molecule has 1 fully saturated rings. The number of hydrogen-bond donors (Lipinski definition) is 1. The van der Waals surface area contributed by atoms with Crippen molar-refractivity contribution in [1.29, 1.82) is 0 Å². The zero-order valence-corrected chi connectivity index (χ0v) is 13.0.